The van der Waals surface area contributed by atoms with Crippen LogP contribution in [0.15, 0.2) is 39.5 Å². The fourth-order valence-electron chi connectivity index (χ4n) is 3.99. The van der Waals surface area contributed by atoms with Gasteiger partial charge >= 0.3 is 12.0 Å². The molecule has 1 aliphatic carbocycles. The molecular formula is C21H19ClN6O6. The molecular weight excluding hydrogens is 468 g/mol. The Labute approximate surface area is 197 Å². The zero-order chi connectivity index (χ0) is 24.5. The second kappa shape index (κ2) is 9.14. The number of halogens is 1. The number of rotatable bonds is 4. The van der Waals surface area contributed by atoms with E-state index < -0.39 is 34.9 Å². The third-order valence-corrected chi connectivity index (χ3v) is 5.91. The number of hydrogen-bond acceptors (Lipinski definition) is 8. The lowest BCUT2D eigenvalue weighted by atomic mass is 9.72. The number of aliphatic imine (C=N–C) groups is 1. The van der Waals surface area contributed by atoms with E-state index in [2.05, 4.69) is 30.3 Å². The maximum atomic E-state index is 13.1. The SMILES string of the molecule is COC(=O)C(=O)[C@@]1(c2nc3n(c2O)C(=NC(=O)Nc2ccc(Cl)cc2)N=N3)CCCCCC1=O. The molecule has 34 heavy (non-hydrogen) atoms. The first-order chi connectivity index (χ1) is 16.3. The molecule has 0 radical (unpaired) electrons. The number of aromatic hydroxyl groups is 1. The minimum absolute atomic E-state index is 0.0241. The Morgan fingerprint density at radius 1 is 1.18 bits per heavy atom. The van der Waals surface area contributed by atoms with Crippen molar-refractivity contribution in [3.05, 3.63) is 35.0 Å². The first-order valence-electron chi connectivity index (χ1n) is 10.3. The van der Waals surface area contributed by atoms with E-state index in [9.17, 15) is 24.3 Å². The summed E-state index contributed by atoms with van der Waals surface area (Å²) in [5, 5.41) is 21.5. The third kappa shape index (κ3) is 3.96. The summed E-state index contributed by atoms with van der Waals surface area (Å²) in [5.74, 6) is -4.08. The van der Waals surface area contributed by atoms with E-state index in [1.807, 2.05) is 0 Å². The largest absolute Gasteiger partial charge is 0.493 e. The molecule has 1 fully saturated rings. The van der Waals surface area contributed by atoms with E-state index in [0.29, 0.717) is 30.0 Å². The molecule has 12 nitrogen and oxygen atoms in total. The number of nitrogens with zero attached hydrogens (tertiary/aromatic N) is 5. The standard InChI is InChI=1S/C21H19ClN6O6/c1-34-17(32)15(30)21(10-4-2-3-5-13(21)29)14-16(31)28-18(24-14)26-27-19(28)25-20(33)23-12-8-6-11(22)7-9-12/h6-9,31H,2-5,10H2,1H3,(H,23,33)/t21-/m0/s1. The number of aromatic nitrogens is 2. The van der Waals surface area contributed by atoms with Crippen molar-refractivity contribution in [2.45, 2.75) is 37.5 Å². The highest BCUT2D eigenvalue weighted by Crippen LogP contribution is 2.43. The number of urea groups is 1. The van der Waals surface area contributed by atoms with Crippen LogP contribution in [0.25, 0.3) is 0 Å². The maximum Gasteiger partial charge on any atom is 0.375 e. The lowest BCUT2D eigenvalue weighted by Crippen LogP contribution is -2.47. The van der Waals surface area contributed by atoms with Gasteiger partial charge in [-0.1, -0.05) is 24.4 Å². The number of ether oxygens (including phenoxy) is 1. The normalized spacial score (nSPS) is 20.6. The van der Waals surface area contributed by atoms with Gasteiger partial charge in [0, 0.05) is 17.1 Å². The van der Waals surface area contributed by atoms with Crippen molar-refractivity contribution in [1.29, 1.82) is 0 Å². The molecule has 1 saturated carbocycles. The number of esters is 1. The summed E-state index contributed by atoms with van der Waals surface area (Å²) >= 11 is 5.83. The van der Waals surface area contributed by atoms with E-state index in [-0.39, 0.29) is 30.4 Å². The maximum absolute atomic E-state index is 13.1. The molecule has 2 aromatic rings. The van der Waals surface area contributed by atoms with E-state index in [1.54, 1.807) is 24.3 Å². The van der Waals surface area contributed by atoms with Crippen LogP contribution in [0.5, 0.6) is 5.88 Å². The molecule has 4 rings (SSSR count). The number of anilines is 1. The number of benzene rings is 1. The van der Waals surface area contributed by atoms with Crippen LogP contribution in [0.3, 0.4) is 0 Å². The molecule has 0 unspecified atom stereocenters. The molecule has 1 aromatic carbocycles. The summed E-state index contributed by atoms with van der Waals surface area (Å²) in [6.07, 6.45) is 1.62. The van der Waals surface area contributed by atoms with Gasteiger partial charge < -0.3 is 15.2 Å². The Balaban J connectivity index is 1.73. The lowest BCUT2D eigenvalue weighted by Gasteiger charge is -2.26. The topological polar surface area (TPSA) is 165 Å². The van der Waals surface area contributed by atoms with E-state index in [0.717, 1.165) is 11.7 Å². The van der Waals surface area contributed by atoms with Crippen LogP contribution in [0.2, 0.25) is 5.02 Å². The van der Waals surface area contributed by atoms with Gasteiger partial charge in [0.05, 0.1) is 7.11 Å². The minimum atomic E-state index is -2.03. The van der Waals surface area contributed by atoms with Crippen molar-refractivity contribution >= 4 is 52.8 Å². The van der Waals surface area contributed by atoms with Gasteiger partial charge in [0.2, 0.25) is 5.88 Å². The number of azo groups is 1. The lowest BCUT2D eigenvalue weighted by molar-refractivity contribution is -0.156. The number of Topliss-reactive ketones (excluding diaryl/α,β-unsaturated/α-hetero) is 2. The molecule has 1 aromatic heterocycles. The van der Waals surface area contributed by atoms with Crippen LogP contribution in [0.4, 0.5) is 16.4 Å². The van der Waals surface area contributed by atoms with E-state index in [4.69, 9.17) is 11.6 Å². The third-order valence-electron chi connectivity index (χ3n) is 5.66. The molecule has 0 saturated heterocycles. The fraction of sp³-hybridized carbons (Fsp3) is 0.333. The molecule has 1 aliphatic heterocycles. The van der Waals surface area contributed by atoms with Gasteiger partial charge in [0.25, 0.3) is 17.7 Å². The van der Waals surface area contributed by atoms with Crippen LogP contribution in [-0.4, -0.2) is 51.3 Å². The number of hydrogen-bond donors (Lipinski definition) is 2. The summed E-state index contributed by atoms with van der Waals surface area (Å²) < 4.78 is 5.50. The molecule has 2 amide bonds. The predicted octanol–water partition coefficient (Wildman–Crippen LogP) is 3.29. The Morgan fingerprint density at radius 2 is 1.91 bits per heavy atom. The van der Waals surface area contributed by atoms with Gasteiger partial charge in [-0.05, 0) is 37.1 Å². The quantitative estimate of drug-likeness (QED) is 0.289. The second-order valence-electron chi connectivity index (χ2n) is 7.68. The second-order valence-corrected chi connectivity index (χ2v) is 8.11. The highest BCUT2D eigenvalue weighted by molar-refractivity contribution is 6.42. The fourth-order valence-corrected chi connectivity index (χ4v) is 4.12. The summed E-state index contributed by atoms with van der Waals surface area (Å²) in [6, 6.07) is 5.45. The molecule has 13 heteroatoms. The van der Waals surface area contributed by atoms with Crippen LogP contribution < -0.4 is 5.32 Å². The van der Waals surface area contributed by atoms with Gasteiger partial charge in [-0.2, -0.15) is 4.99 Å². The van der Waals surface area contributed by atoms with Crippen molar-refractivity contribution in [3.8, 4) is 5.88 Å². The summed E-state index contributed by atoms with van der Waals surface area (Å²) in [6.45, 7) is 0. The number of ketones is 2. The predicted molar refractivity (Wildman–Crippen MR) is 119 cm³/mol. The summed E-state index contributed by atoms with van der Waals surface area (Å²) in [5.41, 5.74) is -1.96. The first kappa shape index (κ1) is 23.2. The molecule has 2 N–H and O–H groups in total. The Morgan fingerprint density at radius 3 is 2.62 bits per heavy atom. The van der Waals surface area contributed by atoms with Crippen molar-refractivity contribution < 1.29 is 29.0 Å². The Hall–Kier alpha value is -3.93. The van der Waals surface area contributed by atoms with Crippen molar-refractivity contribution in [1.82, 2.24) is 9.55 Å². The number of imidazole rings is 1. The zero-order valence-electron chi connectivity index (χ0n) is 17.9. The van der Waals surface area contributed by atoms with Gasteiger partial charge in [0.1, 0.15) is 11.1 Å². The smallest absolute Gasteiger partial charge is 0.375 e. The number of amides is 2. The molecule has 176 valence electrons. The van der Waals surface area contributed by atoms with Gasteiger partial charge in [0.15, 0.2) is 5.78 Å². The van der Waals surface area contributed by atoms with Crippen LogP contribution in [-0.2, 0) is 24.5 Å². The molecule has 2 heterocycles. The summed E-state index contributed by atoms with van der Waals surface area (Å²) in [4.78, 5) is 58.6. The molecule has 2 aliphatic rings. The number of carbonyl (C=O) groups excluding carboxylic acids is 4. The highest BCUT2D eigenvalue weighted by atomic mass is 35.5. The number of fused-ring (bicyclic) bond motifs is 1. The molecule has 1 atom stereocenters. The summed E-state index contributed by atoms with van der Waals surface area (Å²) in [7, 11) is 1.03. The Bertz CT molecular complexity index is 1250. The zero-order valence-corrected chi connectivity index (χ0v) is 18.7. The van der Waals surface area contributed by atoms with Gasteiger partial charge in [-0.25, -0.2) is 19.1 Å². The van der Waals surface area contributed by atoms with Crippen molar-refractivity contribution in [2.24, 2.45) is 15.2 Å². The number of nitrogens with one attached hydrogen (secondary N) is 1. The minimum Gasteiger partial charge on any atom is -0.493 e. The molecule has 0 spiro atoms. The van der Waals surface area contributed by atoms with Crippen LogP contribution in [0.1, 0.15) is 37.8 Å². The average molecular weight is 487 g/mol. The van der Waals surface area contributed by atoms with Crippen LogP contribution in [0, 0.1) is 0 Å². The van der Waals surface area contributed by atoms with Crippen molar-refractivity contribution in [2.75, 3.05) is 12.4 Å². The monoisotopic (exact) mass is 486 g/mol. The van der Waals surface area contributed by atoms with Crippen molar-refractivity contribution in [3.63, 3.8) is 0 Å². The Kier molecular flexibility index (Phi) is 6.24. The first-order valence-corrected chi connectivity index (χ1v) is 10.7. The van der Waals surface area contributed by atoms with E-state index >= 15 is 0 Å². The van der Waals surface area contributed by atoms with E-state index in [1.165, 1.54) is 0 Å². The highest BCUT2D eigenvalue weighted by Gasteiger charge is 2.54. The number of carbonyl (C=O) groups is 4. The molecule has 0 bridgehead atoms. The number of methoxy groups -OCH3 is 1. The van der Waals surface area contributed by atoms with Crippen LogP contribution >= 0.6 is 11.6 Å². The van der Waals surface area contributed by atoms with Gasteiger partial charge in [-0.3, -0.25) is 9.59 Å². The van der Waals surface area contributed by atoms with Gasteiger partial charge in [-0.15, -0.1) is 10.2 Å². The average Bonchev–Trinajstić information content (AvgIpc) is 3.30.